The quantitative estimate of drug-likeness (QED) is 0.725. The molecule has 3 N–H and O–H groups in total. The summed E-state index contributed by atoms with van der Waals surface area (Å²) < 4.78 is 0. The number of hydrogen-bond acceptors (Lipinski definition) is 4. The number of carbonyl (C=O) groups is 1. The van der Waals surface area contributed by atoms with Crippen LogP contribution in [0.1, 0.15) is 41.5 Å². The molecule has 1 unspecified atom stereocenters. The number of carboxylic acids is 1. The number of aryl methyl sites for hydroxylation is 2. The summed E-state index contributed by atoms with van der Waals surface area (Å²) >= 11 is 0. The van der Waals surface area contributed by atoms with Gasteiger partial charge in [-0.1, -0.05) is 48.5 Å². The predicted octanol–water partition coefficient (Wildman–Crippen LogP) is 2.57. The monoisotopic (exact) mass is 395 g/mol. The van der Waals surface area contributed by atoms with E-state index in [4.69, 9.17) is 0 Å². The van der Waals surface area contributed by atoms with Crippen LogP contribution in [0.5, 0.6) is 0 Å². The molecule has 2 atom stereocenters. The highest BCUT2D eigenvalue weighted by atomic mass is 16.4. The van der Waals surface area contributed by atoms with E-state index in [-0.39, 0.29) is 5.92 Å². The Bertz CT molecular complexity index is 833. The minimum atomic E-state index is -1.47. The minimum absolute atomic E-state index is 0.344. The molecule has 0 aromatic heterocycles. The number of aliphatic hydroxyl groups excluding tert-OH is 1. The molecular formula is C24H29NO4. The summed E-state index contributed by atoms with van der Waals surface area (Å²) in [7, 11) is 0. The molecule has 1 saturated heterocycles. The fourth-order valence-electron chi connectivity index (χ4n) is 4.97. The van der Waals surface area contributed by atoms with E-state index in [9.17, 15) is 20.1 Å². The van der Waals surface area contributed by atoms with Crippen LogP contribution in [-0.2, 0) is 23.2 Å². The molecular weight excluding hydrogens is 366 g/mol. The molecule has 2 aromatic carbocycles. The molecule has 1 heterocycles. The van der Waals surface area contributed by atoms with Crippen LogP contribution in [0, 0.1) is 5.92 Å². The SMILES string of the molecule is O=C(O)[C@@H]1CCCN(CCC(O)C2(O)c3ccccc3CCc3ccccc32)C1. The summed E-state index contributed by atoms with van der Waals surface area (Å²) in [5.74, 6) is -1.09. The van der Waals surface area contributed by atoms with E-state index in [0.29, 0.717) is 25.9 Å². The number of aliphatic carboxylic acids is 1. The Morgan fingerprint density at radius 2 is 1.66 bits per heavy atom. The van der Waals surface area contributed by atoms with Crippen molar-refractivity contribution < 1.29 is 20.1 Å². The maximum Gasteiger partial charge on any atom is 0.307 e. The van der Waals surface area contributed by atoms with Crippen LogP contribution in [0.4, 0.5) is 0 Å². The highest BCUT2D eigenvalue weighted by Crippen LogP contribution is 2.41. The molecule has 5 heteroatoms. The Labute approximate surface area is 171 Å². The van der Waals surface area contributed by atoms with Crippen molar-refractivity contribution in [3.63, 3.8) is 0 Å². The Kier molecular flexibility index (Phi) is 5.72. The summed E-state index contributed by atoms with van der Waals surface area (Å²) in [5.41, 5.74) is 2.22. The number of benzene rings is 2. The van der Waals surface area contributed by atoms with Gasteiger partial charge in [0.1, 0.15) is 5.60 Å². The third kappa shape index (κ3) is 3.82. The standard InChI is InChI=1S/C24H29NO4/c26-22(13-15-25-14-5-8-19(16-25)23(27)28)24(29)20-9-3-1-6-17(20)11-12-18-7-2-4-10-21(18)24/h1-4,6-7,9-10,19,22,26,29H,5,8,11-16H2,(H,27,28)/t19-,22?/m1/s1. The van der Waals surface area contributed by atoms with Gasteiger partial charge in [0, 0.05) is 13.1 Å². The lowest BCUT2D eigenvalue weighted by molar-refractivity contribution is -0.143. The molecule has 0 radical (unpaired) electrons. The van der Waals surface area contributed by atoms with Gasteiger partial charge in [-0.25, -0.2) is 0 Å². The van der Waals surface area contributed by atoms with Crippen LogP contribution < -0.4 is 0 Å². The fraction of sp³-hybridized carbons (Fsp3) is 0.458. The number of fused-ring (bicyclic) bond motifs is 2. The number of hydrogen-bond donors (Lipinski definition) is 3. The van der Waals surface area contributed by atoms with Gasteiger partial charge in [-0.2, -0.15) is 0 Å². The van der Waals surface area contributed by atoms with Crippen molar-refractivity contribution in [1.82, 2.24) is 4.90 Å². The van der Waals surface area contributed by atoms with Crippen LogP contribution in [0.25, 0.3) is 0 Å². The van der Waals surface area contributed by atoms with E-state index in [1.54, 1.807) is 0 Å². The second-order valence-electron chi connectivity index (χ2n) is 8.36. The van der Waals surface area contributed by atoms with Crippen molar-refractivity contribution in [2.45, 2.75) is 43.8 Å². The van der Waals surface area contributed by atoms with Gasteiger partial charge < -0.3 is 20.2 Å². The van der Waals surface area contributed by atoms with Crippen LogP contribution in [0.3, 0.4) is 0 Å². The first-order valence-electron chi connectivity index (χ1n) is 10.5. The first-order valence-corrected chi connectivity index (χ1v) is 10.5. The van der Waals surface area contributed by atoms with Crippen molar-refractivity contribution in [2.24, 2.45) is 5.92 Å². The molecule has 0 bridgehead atoms. The second-order valence-corrected chi connectivity index (χ2v) is 8.36. The largest absolute Gasteiger partial charge is 0.481 e. The van der Waals surface area contributed by atoms with Gasteiger partial charge in [0.25, 0.3) is 0 Å². The first kappa shape index (κ1) is 20.1. The van der Waals surface area contributed by atoms with Gasteiger partial charge in [-0.3, -0.25) is 4.79 Å². The molecule has 2 aliphatic rings. The van der Waals surface area contributed by atoms with Gasteiger partial charge in [0.15, 0.2) is 0 Å². The highest BCUT2D eigenvalue weighted by Gasteiger charge is 2.43. The maximum atomic E-state index is 11.9. The lowest BCUT2D eigenvalue weighted by Crippen LogP contribution is -2.45. The summed E-state index contributed by atoms with van der Waals surface area (Å²) in [4.78, 5) is 13.4. The molecule has 29 heavy (non-hydrogen) atoms. The molecule has 1 aliphatic heterocycles. The third-order valence-electron chi connectivity index (χ3n) is 6.58. The van der Waals surface area contributed by atoms with E-state index >= 15 is 0 Å². The average molecular weight is 395 g/mol. The number of carboxylic acid groups (broad SMARTS) is 1. The molecule has 0 spiro atoms. The topological polar surface area (TPSA) is 81.0 Å². The van der Waals surface area contributed by atoms with Crippen molar-refractivity contribution in [3.8, 4) is 0 Å². The van der Waals surface area contributed by atoms with Crippen LogP contribution in [-0.4, -0.2) is 51.9 Å². The summed E-state index contributed by atoms with van der Waals surface area (Å²) in [6.45, 7) is 1.91. The second kappa shape index (κ2) is 8.27. The van der Waals surface area contributed by atoms with Crippen LogP contribution in [0.2, 0.25) is 0 Å². The number of rotatable bonds is 5. The van der Waals surface area contributed by atoms with Gasteiger partial charge >= 0.3 is 5.97 Å². The summed E-state index contributed by atoms with van der Waals surface area (Å²) in [5, 5.41) is 32.5. The Hall–Kier alpha value is -2.21. The van der Waals surface area contributed by atoms with Gasteiger partial charge in [0.05, 0.1) is 12.0 Å². The van der Waals surface area contributed by atoms with E-state index in [1.165, 1.54) is 0 Å². The summed E-state index contributed by atoms with van der Waals surface area (Å²) in [6.07, 6.45) is 2.62. The zero-order valence-corrected chi connectivity index (χ0v) is 16.6. The minimum Gasteiger partial charge on any atom is -0.481 e. The first-order chi connectivity index (χ1) is 14.0. The molecule has 0 saturated carbocycles. The molecule has 1 aliphatic carbocycles. The number of nitrogens with zero attached hydrogens (tertiary/aromatic N) is 1. The van der Waals surface area contributed by atoms with Crippen molar-refractivity contribution >= 4 is 5.97 Å². The average Bonchev–Trinajstić information content (AvgIpc) is 2.88. The Morgan fingerprint density at radius 1 is 1.07 bits per heavy atom. The molecule has 2 aromatic rings. The maximum absolute atomic E-state index is 11.9. The van der Waals surface area contributed by atoms with E-state index < -0.39 is 17.7 Å². The van der Waals surface area contributed by atoms with E-state index in [1.807, 2.05) is 48.5 Å². The van der Waals surface area contributed by atoms with Gasteiger partial charge in [-0.05, 0) is 60.9 Å². The lowest BCUT2D eigenvalue weighted by atomic mass is 9.78. The molecule has 4 rings (SSSR count). The van der Waals surface area contributed by atoms with E-state index in [2.05, 4.69) is 4.90 Å². The van der Waals surface area contributed by atoms with Crippen molar-refractivity contribution in [2.75, 3.05) is 19.6 Å². The van der Waals surface area contributed by atoms with Gasteiger partial charge in [0.2, 0.25) is 0 Å². The van der Waals surface area contributed by atoms with Crippen LogP contribution >= 0.6 is 0 Å². The molecule has 5 nitrogen and oxygen atoms in total. The number of piperidine rings is 1. The third-order valence-corrected chi connectivity index (χ3v) is 6.58. The van der Waals surface area contributed by atoms with Gasteiger partial charge in [-0.15, -0.1) is 0 Å². The number of aliphatic hydroxyl groups is 2. The van der Waals surface area contributed by atoms with Crippen molar-refractivity contribution in [1.29, 1.82) is 0 Å². The van der Waals surface area contributed by atoms with Crippen LogP contribution in [0.15, 0.2) is 48.5 Å². The summed E-state index contributed by atoms with van der Waals surface area (Å²) in [6, 6.07) is 15.7. The lowest BCUT2D eigenvalue weighted by Gasteiger charge is -2.37. The van der Waals surface area contributed by atoms with Crippen molar-refractivity contribution in [3.05, 3.63) is 70.8 Å². The zero-order valence-electron chi connectivity index (χ0n) is 16.6. The van der Waals surface area contributed by atoms with E-state index in [0.717, 1.165) is 48.1 Å². The predicted molar refractivity (Wildman–Crippen MR) is 111 cm³/mol. The molecule has 0 amide bonds. The zero-order chi connectivity index (χ0) is 20.4. The molecule has 154 valence electrons. The Balaban J connectivity index is 1.60. The fourth-order valence-corrected chi connectivity index (χ4v) is 4.97. The number of likely N-dealkylation sites (tertiary alicyclic amines) is 1. The molecule has 1 fully saturated rings. The normalized spacial score (nSPS) is 22.2. The Morgan fingerprint density at radius 3 is 2.24 bits per heavy atom. The highest BCUT2D eigenvalue weighted by molar-refractivity contribution is 5.70. The smallest absolute Gasteiger partial charge is 0.307 e.